The molecule has 22 heavy (non-hydrogen) atoms. The van der Waals surface area contributed by atoms with Gasteiger partial charge in [-0.05, 0) is 43.8 Å². The molecular formula is C14H12Cl2N2O3S. The summed E-state index contributed by atoms with van der Waals surface area (Å²) in [6.45, 7) is 3.11. The molecule has 3 amide bonds. The summed E-state index contributed by atoms with van der Waals surface area (Å²) in [6.07, 6.45) is 0. The number of anilines is 1. The van der Waals surface area contributed by atoms with Crippen molar-refractivity contribution in [2.45, 2.75) is 13.8 Å². The summed E-state index contributed by atoms with van der Waals surface area (Å²) in [5.41, 5.74) is 1.07. The molecule has 0 saturated carbocycles. The first-order valence-corrected chi connectivity index (χ1v) is 7.83. The molecule has 1 aromatic carbocycles. The SMILES string of the molecule is CC(C)=C1SC(=O)N(CC(=O)Nc2cc(Cl)ccc2Cl)C1=O. The number of halogens is 2. The van der Waals surface area contributed by atoms with Crippen LogP contribution in [0.25, 0.3) is 0 Å². The molecule has 0 atom stereocenters. The maximum Gasteiger partial charge on any atom is 0.294 e. The lowest BCUT2D eigenvalue weighted by Gasteiger charge is -2.13. The lowest BCUT2D eigenvalue weighted by atomic mass is 10.3. The Morgan fingerprint density at radius 1 is 1.27 bits per heavy atom. The zero-order chi connectivity index (χ0) is 16.4. The van der Waals surface area contributed by atoms with E-state index in [0.29, 0.717) is 20.6 Å². The molecule has 0 unspecified atom stereocenters. The van der Waals surface area contributed by atoms with Crippen molar-refractivity contribution in [1.82, 2.24) is 4.90 Å². The molecule has 5 nitrogen and oxygen atoms in total. The number of nitrogens with one attached hydrogen (secondary N) is 1. The third-order valence-electron chi connectivity index (χ3n) is 2.81. The van der Waals surface area contributed by atoms with Crippen molar-refractivity contribution < 1.29 is 14.4 Å². The number of rotatable bonds is 3. The second kappa shape index (κ2) is 6.73. The third kappa shape index (κ3) is 3.63. The molecule has 1 N–H and O–H groups in total. The second-order valence-corrected chi connectivity index (χ2v) is 6.57. The van der Waals surface area contributed by atoms with Crippen LogP contribution < -0.4 is 5.32 Å². The monoisotopic (exact) mass is 358 g/mol. The van der Waals surface area contributed by atoms with E-state index in [4.69, 9.17) is 23.2 Å². The van der Waals surface area contributed by atoms with E-state index < -0.39 is 17.1 Å². The van der Waals surface area contributed by atoms with Crippen LogP contribution in [0.2, 0.25) is 10.0 Å². The molecule has 1 heterocycles. The Morgan fingerprint density at radius 3 is 2.55 bits per heavy atom. The topological polar surface area (TPSA) is 66.5 Å². The lowest BCUT2D eigenvalue weighted by Crippen LogP contribution is -2.36. The van der Waals surface area contributed by atoms with Crippen molar-refractivity contribution in [2.75, 3.05) is 11.9 Å². The molecule has 116 valence electrons. The Hall–Kier alpha value is -1.50. The van der Waals surface area contributed by atoms with Gasteiger partial charge in [-0.25, -0.2) is 0 Å². The van der Waals surface area contributed by atoms with E-state index in [2.05, 4.69) is 5.32 Å². The van der Waals surface area contributed by atoms with Gasteiger partial charge in [-0.1, -0.05) is 28.8 Å². The third-order valence-corrected chi connectivity index (χ3v) is 4.55. The van der Waals surface area contributed by atoms with E-state index in [1.165, 1.54) is 6.07 Å². The van der Waals surface area contributed by atoms with Crippen molar-refractivity contribution in [1.29, 1.82) is 0 Å². The highest BCUT2D eigenvalue weighted by molar-refractivity contribution is 8.18. The van der Waals surface area contributed by atoms with Gasteiger partial charge < -0.3 is 5.32 Å². The largest absolute Gasteiger partial charge is 0.323 e. The summed E-state index contributed by atoms with van der Waals surface area (Å²) in [6, 6.07) is 4.62. The minimum atomic E-state index is -0.526. The predicted octanol–water partition coefficient (Wildman–Crippen LogP) is 3.92. The molecule has 0 bridgehead atoms. The van der Waals surface area contributed by atoms with Crippen LogP contribution in [0.1, 0.15) is 13.8 Å². The molecule has 2 rings (SSSR count). The van der Waals surface area contributed by atoms with Gasteiger partial charge in [0.15, 0.2) is 0 Å². The molecule has 0 aromatic heterocycles. The number of imide groups is 1. The zero-order valence-corrected chi connectivity index (χ0v) is 14.1. The quantitative estimate of drug-likeness (QED) is 0.831. The number of allylic oxidation sites excluding steroid dienone is 1. The fraction of sp³-hybridized carbons (Fsp3) is 0.214. The van der Waals surface area contributed by atoms with Gasteiger partial charge in [0.2, 0.25) is 5.91 Å². The highest BCUT2D eigenvalue weighted by atomic mass is 35.5. The van der Waals surface area contributed by atoms with Crippen LogP contribution in [0.5, 0.6) is 0 Å². The smallest absolute Gasteiger partial charge is 0.294 e. The Labute approximate surface area is 141 Å². The average molecular weight is 359 g/mol. The van der Waals surface area contributed by atoms with Crippen molar-refractivity contribution in [3.05, 3.63) is 38.7 Å². The van der Waals surface area contributed by atoms with Gasteiger partial charge in [0.1, 0.15) is 6.54 Å². The summed E-state index contributed by atoms with van der Waals surface area (Å²) in [4.78, 5) is 37.2. The first-order valence-electron chi connectivity index (χ1n) is 6.25. The Morgan fingerprint density at radius 2 is 1.95 bits per heavy atom. The van der Waals surface area contributed by atoms with Gasteiger partial charge in [0.25, 0.3) is 11.1 Å². The van der Waals surface area contributed by atoms with E-state index in [9.17, 15) is 14.4 Å². The number of benzene rings is 1. The second-order valence-electron chi connectivity index (χ2n) is 4.76. The number of thioether (sulfide) groups is 1. The summed E-state index contributed by atoms with van der Waals surface area (Å²) in [5.74, 6) is -0.983. The molecule has 0 spiro atoms. The summed E-state index contributed by atoms with van der Waals surface area (Å²) >= 11 is 12.6. The normalized spacial score (nSPS) is 14.5. The van der Waals surface area contributed by atoms with Gasteiger partial charge in [-0.2, -0.15) is 0 Å². The van der Waals surface area contributed by atoms with Crippen LogP contribution in [0.4, 0.5) is 10.5 Å². The number of carbonyl (C=O) groups is 3. The predicted molar refractivity (Wildman–Crippen MR) is 88.2 cm³/mol. The number of hydrogen-bond acceptors (Lipinski definition) is 4. The zero-order valence-electron chi connectivity index (χ0n) is 11.8. The van der Waals surface area contributed by atoms with E-state index in [1.54, 1.807) is 26.0 Å². The van der Waals surface area contributed by atoms with E-state index in [-0.39, 0.29) is 6.54 Å². The molecule has 1 fully saturated rings. The maximum absolute atomic E-state index is 12.1. The Balaban J connectivity index is 2.10. The minimum Gasteiger partial charge on any atom is -0.323 e. The van der Waals surface area contributed by atoms with Crippen molar-refractivity contribution in [3.8, 4) is 0 Å². The van der Waals surface area contributed by atoms with Crippen molar-refractivity contribution in [2.24, 2.45) is 0 Å². The lowest BCUT2D eigenvalue weighted by molar-refractivity contribution is -0.127. The fourth-order valence-electron chi connectivity index (χ4n) is 1.77. The Kier molecular flexibility index (Phi) is 5.16. The van der Waals surface area contributed by atoms with Crippen LogP contribution in [-0.2, 0) is 9.59 Å². The van der Waals surface area contributed by atoms with Crippen LogP contribution >= 0.6 is 35.0 Å². The molecule has 1 saturated heterocycles. The average Bonchev–Trinajstić information content (AvgIpc) is 2.71. The summed E-state index contributed by atoms with van der Waals surface area (Å²) < 4.78 is 0. The Bertz CT molecular complexity index is 699. The standard InChI is InChI=1S/C14H12Cl2N2O3S/c1-7(2)12-13(20)18(14(21)22-12)6-11(19)17-10-5-8(15)3-4-9(10)16/h3-5H,6H2,1-2H3,(H,17,19). The summed E-state index contributed by atoms with van der Waals surface area (Å²) in [7, 11) is 0. The number of nitrogens with zero attached hydrogens (tertiary/aromatic N) is 1. The number of hydrogen-bond donors (Lipinski definition) is 1. The van der Waals surface area contributed by atoms with E-state index in [0.717, 1.165) is 22.2 Å². The fourth-order valence-corrected chi connectivity index (χ4v) is 2.94. The number of carbonyl (C=O) groups excluding carboxylic acids is 3. The van der Waals surface area contributed by atoms with Gasteiger partial charge in [0, 0.05) is 5.02 Å². The highest BCUT2D eigenvalue weighted by Gasteiger charge is 2.36. The first-order chi connectivity index (χ1) is 10.3. The van der Waals surface area contributed by atoms with Crippen molar-refractivity contribution >= 4 is 57.7 Å². The summed E-state index contributed by atoms with van der Waals surface area (Å²) in [5, 5.41) is 2.80. The molecule has 1 aliphatic heterocycles. The molecular weight excluding hydrogens is 347 g/mol. The van der Waals surface area contributed by atoms with Gasteiger partial charge in [-0.3, -0.25) is 19.3 Å². The van der Waals surface area contributed by atoms with Crippen molar-refractivity contribution in [3.63, 3.8) is 0 Å². The maximum atomic E-state index is 12.1. The molecule has 8 heteroatoms. The molecule has 1 aliphatic rings. The van der Waals surface area contributed by atoms with Crippen LogP contribution in [0, 0.1) is 0 Å². The molecule has 1 aromatic rings. The van der Waals surface area contributed by atoms with Crippen LogP contribution in [0.15, 0.2) is 28.7 Å². The van der Waals surface area contributed by atoms with Crippen LogP contribution in [0.3, 0.4) is 0 Å². The number of amides is 3. The highest BCUT2D eigenvalue weighted by Crippen LogP contribution is 2.32. The van der Waals surface area contributed by atoms with Gasteiger partial charge in [-0.15, -0.1) is 0 Å². The minimum absolute atomic E-state index is 0.316. The molecule has 0 aliphatic carbocycles. The van der Waals surface area contributed by atoms with Crippen LogP contribution in [-0.4, -0.2) is 28.5 Å². The molecule has 0 radical (unpaired) electrons. The first kappa shape index (κ1) is 16.9. The van der Waals surface area contributed by atoms with Gasteiger partial charge >= 0.3 is 0 Å². The van der Waals surface area contributed by atoms with E-state index in [1.807, 2.05) is 0 Å². The van der Waals surface area contributed by atoms with E-state index >= 15 is 0 Å². The van der Waals surface area contributed by atoms with Gasteiger partial charge in [0.05, 0.1) is 15.6 Å².